The Morgan fingerprint density at radius 3 is 0.576 bits per heavy atom. The van der Waals surface area contributed by atoms with Crippen molar-refractivity contribution < 1.29 is 105 Å². The van der Waals surface area contributed by atoms with Gasteiger partial charge in [-0.25, -0.2) is 28.8 Å². The summed E-state index contributed by atoms with van der Waals surface area (Å²) in [5, 5.41) is 0. The van der Waals surface area contributed by atoms with Crippen molar-refractivity contribution in [2.45, 2.75) is 55.3 Å². The molecule has 0 atom stereocenters. The Balaban J connectivity index is 0.683. The molecule has 1 N–H and O–H groups in total. The van der Waals surface area contributed by atoms with E-state index in [1.54, 1.807) is 179 Å². The number of aromatic nitrogens is 1. The van der Waals surface area contributed by atoms with E-state index in [4.69, 9.17) is 75.8 Å². The first kappa shape index (κ1) is 81.4. The molecule has 0 amide bonds. The van der Waals surface area contributed by atoms with Crippen molar-refractivity contribution in [2.75, 3.05) is 0 Å². The smallest absolute Gasteiger partial charge is 0.360 e. The number of aromatic amines is 1. The fourth-order valence-corrected chi connectivity index (χ4v) is 16.5. The standard InChI is InChI=1S/C109H73NO22/c1-104(2,3)132-102(115)71-61-86(96-92(66-71)126-109(130-96,80-51-30-12-31-52-80)81-53-32-13-33-54-81)120-100(113)69-59-84(94-90(64-69)124-107(128-94,76-43-22-8-23-44-76)77-45-24-9-25-46-77)118-98(111)67-57-83(93-88(62-67)122-105(127-93,72-35-14-4-15-36-72)73-37-16-5-17-38-73)117-99(112)68-58-85(95-89(63-68)123-106(129-95,74-39-18-6-19-40-74)75-41-20-7-21-42-75)119-101(114)70-60-87(121-103(116)82-55-34-56-110-82)97-91(65-70)125-108(131-97,78-47-26-10-27-48-78)79-49-28-11-29-50-79/h4-66,110H,1-3H3. The number of rotatable bonds is 21. The molecule has 23 heteroatoms. The zero-order valence-corrected chi connectivity index (χ0v) is 70.4. The van der Waals surface area contributed by atoms with Gasteiger partial charge < -0.3 is 80.8 Å². The van der Waals surface area contributed by atoms with Crippen LogP contribution >= 0.6 is 0 Å². The average molecular weight is 1750 g/mol. The molecule has 0 saturated heterocycles. The summed E-state index contributed by atoms with van der Waals surface area (Å²) in [5.74, 6) is -17.5. The maximum absolute atomic E-state index is 16.1. The highest BCUT2D eigenvalue weighted by Gasteiger charge is 2.54. The second kappa shape index (κ2) is 32.7. The third kappa shape index (κ3) is 14.7. The molecule has 0 unspecified atom stereocenters. The predicted octanol–water partition coefficient (Wildman–Crippen LogP) is 21.4. The van der Waals surface area contributed by atoms with Gasteiger partial charge in [0.1, 0.15) is 11.3 Å². The Labute approximate surface area is 754 Å². The lowest BCUT2D eigenvalue weighted by Crippen LogP contribution is -2.36. The van der Waals surface area contributed by atoms with E-state index >= 15 is 19.2 Å². The molecule has 6 heterocycles. The van der Waals surface area contributed by atoms with Crippen molar-refractivity contribution in [1.29, 1.82) is 0 Å². The van der Waals surface area contributed by atoms with E-state index < -0.39 is 76.1 Å². The Kier molecular flexibility index (Phi) is 20.2. The summed E-state index contributed by atoms with van der Waals surface area (Å²) in [4.78, 5) is 94.8. The summed E-state index contributed by atoms with van der Waals surface area (Å²) >= 11 is 0. The number of fused-ring (bicyclic) bond motifs is 5. The van der Waals surface area contributed by atoms with E-state index in [-0.39, 0.29) is 114 Å². The van der Waals surface area contributed by atoms with E-state index in [0.29, 0.717) is 55.6 Å². The van der Waals surface area contributed by atoms with Gasteiger partial charge in [-0.3, -0.25) is 0 Å². The first-order valence-electron chi connectivity index (χ1n) is 42.1. The van der Waals surface area contributed by atoms with Crippen molar-refractivity contribution in [2.24, 2.45) is 0 Å². The summed E-state index contributed by atoms with van der Waals surface area (Å²) in [5.41, 5.74) is 3.02. The fourth-order valence-electron chi connectivity index (χ4n) is 16.5. The predicted molar refractivity (Wildman–Crippen MR) is 478 cm³/mol. The van der Waals surface area contributed by atoms with E-state index in [1.165, 1.54) is 66.7 Å². The molecule has 0 radical (unpaired) electrons. The molecule has 16 aromatic rings. The van der Waals surface area contributed by atoms with Gasteiger partial charge in [-0.2, -0.15) is 0 Å². The minimum Gasteiger partial charge on any atom is -0.456 e. The minimum atomic E-state index is -1.85. The van der Waals surface area contributed by atoms with Gasteiger partial charge in [-0.1, -0.05) is 303 Å². The number of nitrogens with one attached hydrogen (secondary N) is 1. The molecular formula is C109H73NO22. The van der Waals surface area contributed by atoms with Crippen LogP contribution in [0.1, 0.15) is 139 Å². The number of esters is 6. The third-order valence-corrected chi connectivity index (χ3v) is 22.5. The number of carbonyl (C=O) groups is 6. The van der Waals surface area contributed by atoms with Crippen LogP contribution in [0.4, 0.5) is 0 Å². The molecule has 5 aliphatic rings. The lowest BCUT2D eigenvalue weighted by atomic mass is 9.97. The number of carbonyl (C=O) groups excluding carboxylic acids is 6. The lowest BCUT2D eigenvalue weighted by Gasteiger charge is -2.28. The Hall–Kier alpha value is -17.6. The van der Waals surface area contributed by atoms with E-state index in [1.807, 2.05) is 158 Å². The van der Waals surface area contributed by atoms with Gasteiger partial charge in [0, 0.05) is 61.8 Å². The van der Waals surface area contributed by atoms with Crippen molar-refractivity contribution in [3.05, 3.63) is 471 Å². The van der Waals surface area contributed by atoms with Crippen LogP contribution in [0.3, 0.4) is 0 Å². The van der Waals surface area contributed by atoms with Crippen molar-refractivity contribution in [3.8, 4) is 86.2 Å². The topological polar surface area (TPSA) is 266 Å². The largest absolute Gasteiger partial charge is 0.456 e. The highest BCUT2D eigenvalue weighted by Crippen LogP contribution is 2.60. The van der Waals surface area contributed by atoms with Gasteiger partial charge in [0.25, 0.3) is 0 Å². The number of hydrogen-bond donors (Lipinski definition) is 1. The molecule has 132 heavy (non-hydrogen) atoms. The highest BCUT2D eigenvalue weighted by molar-refractivity contribution is 6.00. The molecule has 21 rings (SSSR count). The second-order valence-corrected chi connectivity index (χ2v) is 32.3. The molecule has 23 nitrogen and oxygen atoms in total. The van der Waals surface area contributed by atoms with Crippen LogP contribution in [0.15, 0.2) is 382 Å². The fraction of sp³-hybridized carbons (Fsp3) is 0.0826. The van der Waals surface area contributed by atoms with E-state index in [0.717, 1.165) is 0 Å². The van der Waals surface area contributed by atoms with Crippen molar-refractivity contribution in [1.82, 2.24) is 4.98 Å². The first-order chi connectivity index (χ1) is 64.3. The van der Waals surface area contributed by atoms with Gasteiger partial charge >= 0.3 is 64.8 Å². The van der Waals surface area contributed by atoms with Crippen LogP contribution in [0.5, 0.6) is 86.2 Å². The zero-order chi connectivity index (χ0) is 89.9. The molecular weight excluding hydrogens is 1680 g/mol. The third-order valence-electron chi connectivity index (χ3n) is 22.5. The number of H-pyrrole nitrogens is 1. The summed E-state index contributed by atoms with van der Waals surface area (Å²) in [7, 11) is 0. The van der Waals surface area contributed by atoms with Gasteiger partial charge in [0.2, 0.25) is 28.7 Å². The number of hydrogen-bond acceptors (Lipinski definition) is 22. The molecule has 0 aliphatic carbocycles. The van der Waals surface area contributed by atoms with Gasteiger partial charge in [-0.15, -0.1) is 0 Å². The van der Waals surface area contributed by atoms with E-state index in [9.17, 15) is 9.59 Å². The maximum atomic E-state index is 16.1. The Morgan fingerprint density at radius 1 is 0.220 bits per heavy atom. The molecule has 0 saturated carbocycles. The summed E-state index contributed by atoms with van der Waals surface area (Å²) < 4.78 is 108. The summed E-state index contributed by atoms with van der Waals surface area (Å²) in [6.45, 7) is 5.14. The number of benzene rings is 15. The van der Waals surface area contributed by atoms with Gasteiger partial charge in [-0.05, 0) is 93.6 Å². The quantitative estimate of drug-likeness (QED) is 0.0517. The van der Waals surface area contributed by atoms with Crippen LogP contribution in [0.25, 0.3) is 0 Å². The van der Waals surface area contributed by atoms with Crippen LogP contribution in [-0.2, 0) is 33.7 Å². The van der Waals surface area contributed by atoms with Crippen LogP contribution in [0.2, 0.25) is 0 Å². The molecule has 0 spiro atoms. The minimum absolute atomic E-state index is 0.0203. The molecule has 15 aromatic carbocycles. The average Bonchev–Trinajstić information content (AvgIpc) is 1.59. The molecule has 0 fully saturated rings. The normalized spacial score (nSPS) is 14.7. The van der Waals surface area contributed by atoms with Crippen LogP contribution in [-0.4, -0.2) is 46.4 Å². The summed E-state index contributed by atoms with van der Waals surface area (Å²) in [6.07, 6.45) is 1.55. The number of ether oxygens (including phenoxy) is 16. The van der Waals surface area contributed by atoms with Crippen molar-refractivity contribution >= 4 is 35.8 Å². The summed E-state index contributed by atoms with van der Waals surface area (Å²) in [6, 6.07) is 107. The second-order valence-electron chi connectivity index (χ2n) is 32.3. The van der Waals surface area contributed by atoms with Crippen molar-refractivity contribution in [3.63, 3.8) is 0 Å². The lowest BCUT2D eigenvalue weighted by molar-refractivity contribution is -0.0470. The SMILES string of the molecule is CC(C)(C)OC(=O)c1cc(OC(=O)c2cc(OC(=O)c3cc(OC(=O)c4cc(OC(=O)c5cc(OC(=O)c6ccc[nH]6)c6c(c5)OC(c5ccccc5)(c5ccccc5)O6)c5c(c4)OC(c4ccccc4)(c4ccccc4)O5)c4c(c3)OC(c3ccccc3)(c3ccccc3)O4)c3c(c2)OC(c2ccccc2)(c2ccccc2)O3)c2c(c1)OC(c1ccccc1)(c1ccccc1)O2. The van der Waals surface area contributed by atoms with Crippen LogP contribution < -0.4 is 71.1 Å². The first-order valence-corrected chi connectivity index (χ1v) is 42.1. The maximum Gasteiger partial charge on any atom is 0.360 e. The monoisotopic (exact) mass is 1750 g/mol. The Bertz CT molecular complexity index is 6970. The molecule has 646 valence electrons. The molecule has 5 aliphatic heterocycles. The molecule has 1 aromatic heterocycles. The molecule has 0 bridgehead atoms. The Morgan fingerprint density at radius 2 is 0.402 bits per heavy atom. The zero-order valence-electron chi connectivity index (χ0n) is 70.4. The van der Waals surface area contributed by atoms with E-state index in [2.05, 4.69) is 4.98 Å². The highest BCUT2D eigenvalue weighted by atomic mass is 16.8. The van der Waals surface area contributed by atoms with Crippen LogP contribution in [0, 0.1) is 0 Å². The van der Waals surface area contributed by atoms with Gasteiger partial charge in [0.15, 0.2) is 57.5 Å². The van der Waals surface area contributed by atoms with Gasteiger partial charge in [0.05, 0.1) is 27.8 Å².